The van der Waals surface area contributed by atoms with Crippen LogP contribution in [0.1, 0.15) is 6.92 Å². The summed E-state index contributed by atoms with van der Waals surface area (Å²) in [6, 6.07) is 8.12. The monoisotopic (exact) mass is 225 g/mol. The lowest BCUT2D eigenvalue weighted by Gasteiger charge is -2.10. The maximum atomic E-state index is 11.5. The Kier molecular flexibility index (Phi) is 3.17. The van der Waals surface area contributed by atoms with Gasteiger partial charge >= 0.3 is 0 Å². The Labute approximate surface area is 88.6 Å². The van der Waals surface area contributed by atoms with E-state index >= 15 is 0 Å². The molecule has 0 bridgehead atoms. The molecular formula is C9H11N3O2S. The quantitative estimate of drug-likeness (QED) is 0.748. The molecule has 15 heavy (non-hydrogen) atoms. The van der Waals surface area contributed by atoms with Gasteiger partial charge in [0.2, 0.25) is 10.0 Å². The summed E-state index contributed by atoms with van der Waals surface area (Å²) < 4.78 is 25.3. The third-order valence-corrected chi connectivity index (χ3v) is 3.40. The van der Waals surface area contributed by atoms with E-state index in [0.717, 1.165) is 0 Å². The van der Waals surface area contributed by atoms with Crippen molar-refractivity contribution in [3.8, 4) is 6.07 Å². The third kappa shape index (κ3) is 2.60. The van der Waals surface area contributed by atoms with E-state index in [0.29, 0.717) is 11.4 Å². The average Bonchev–Trinajstić information content (AvgIpc) is 2.20. The molecule has 6 heteroatoms. The molecule has 0 heterocycles. The molecule has 0 fully saturated rings. The van der Waals surface area contributed by atoms with Gasteiger partial charge in [0.1, 0.15) is 0 Å². The Morgan fingerprint density at radius 3 is 2.60 bits per heavy atom. The molecule has 1 atom stereocenters. The van der Waals surface area contributed by atoms with Crippen LogP contribution in [0, 0.1) is 11.3 Å². The van der Waals surface area contributed by atoms with Gasteiger partial charge in [0, 0.05) is 0 Å². The first kappa shape index (κ1) is 11.3. The van der Waals surface area contributed by atoms with Gasteiger partial charge in [-0.25, -0.2) is 8.42 Å². The number of hydrogen-bond donors (Lipinski definition) is 2. The Balaban J connectivity index is 2.98. The molecule has 0 amide bonds. The number of para-hydroxylation sites is 2. The van der Waals surface area contributed by atoms with Gasteiger partial charge in [-0.2, -0.15) is 5.26 Å². The summed E-state index contributed by atoms with van der Waals surface area (Å²) in [6.45, 7) is 1.31. The molecule has 1 aromatic rings. The first-order valence-corrected chi connectivity index (χ1v) is 5.78. The molecule has 0 aliphatic rings. The van der Waals surface area contributed by atoms with Crippen molar-refractivity contribution in [3.05, 3.63) is 24.3 Å². The number of nitrogens with one attached hydrogen (secondary N) is 1. The Morgan fingerprint density at radius 1 is 1.47 bits per heavy atom. The summed E-state index contributed by atoms with van der Waals surface area (Å²) in [4.78, 5) is 0. The number of benzene rings is 1. The summed E-state index contributed by atoms with van der Waals surface area (Å²) in [6.07, 6.45) is 0. The molecule has 3 N–H and O–H groups in total. The van der Waals surface area contributed by atoms with Crippen molar-refractivity contribution < 1.29 is 8.42 Å². The van der Waals surface area contributed by atoms with E-state index in [1.54, 1.807) is 24.3 Å². The number of rotatable bonds is 3. The normalized spacial score (nSPS) is 12.8. The van der Waals surface area contributed by atoms with E-state index in [9.17, 15) is 8.42 Å². The Morgan fingerprint density at radius 2 is 2.07 bits per heavy atom. The molecule has 0 spiro atoms. The van der Waals surface area contributed by atoms with Crippen LogP contribution in [-0.4, -0.2) is 13.7 Å². The van der Waals surface area contributed by atoms with E-state index in [4.69, 9.17) is 11.0 Å². The summed E-state index contributed by atoms with van der Waals surface area (Å²) in [5.74, 6) is 0. The van der Waals surface area contributed by atoms with Gasteiger partial charge in [0.15, 0.2) is 5.25 Å². The van der Waals surface area contributed by atoms with Gasteiger partial charge in [-0.1, -0.05) is 12.1 Å². The number of hydrogen-bond acceptors (Lipinski definition) is 4. The number of sulfonamides is 1. The SMILES string of the molecule is CC(C#N)S(=O)(=O)Nc1ccccc1N. The summed E-state index contributed by atoms with van der Waals surface area (Å²) in [5, 5.41) is 7.40. The van der Waals surface area contributed by atoms with Crippen LogP contribution in [0.15, 0.2) is 24.3 Å². The summed E-state index contributed by atoms with van der Waals surface area (Å²) in [5.41, 5.74) is 6.18. The topological polar surface area (TPSA) is 96.0 Å². The minimum absolute atomic E-state index is 0.291. The molecule has 0 aliphatic heterocycles. The predicted molar refractivity (Wildman–Crippen MR) is 58.5 cm³/mol. The number of nitrogens with zero attached hydrogens (tertiary/aromatic N) is 1. The van der Waals surface area contributed by atoms with E-state index in [1.807, 2.05) is 0 Å². The van der Waals surface area contributed by atoms with Crippen LogP contribution in [0.5, 0.6) is 0 Å². The lowest BCUT2D eigenvalue weighted by Crippen LogP contribution is -2.24. The first-order chi connectivity index (χ1) is 6.97. The summed E-state index contributed by atoms with van der Waals surface area (Å²) in [7, 11) is -3.68. The molecule has 5 nitrogen and oxygen atoms in total. The van der Waals surface area contributed by atoms with Gasteiger partial charge in [-0.15, -0.1) is 0 Å². The molecule has 80 valence electrons. The van der Waals surface area contributed by atoms with E-state index in [1.165, 1.54) is 13.0 Å². The smallest absolute Gasteiger partial charge is 0.248 e. The standard InChI is InChI=1S/C9H11N3O2S/c1-7(6-10)15(13,14)12-9-5-3-2-4-8(9)11/h2-5,7,12H,11H2,1H3. The van der Waals surface area contributed by atoms with E-state index < -0.39 is 15.3 Å². The maximum Gasteiger partial charge on any atom is 0.248 e. The van der Waals surface area contributed by atoms with Crippen LogP contribution in [0.4, 0.5) is 11.4 Å². The van der Waals surface area contributed by atoms with Crippen molar-refractivity contribution in [2.45, 2.75) is 12.2 Å². The molecule has 1 aromatic carbocycles. The Bertz CT molecular complexity index is 490. The van der Waals surface area contributed by atoms with Crippen LogP contribution in [0.3, 0.4) is 0 Å². The maximum absolute atomic E-state index is 11.5. The molecule has 0 aliphatic carbocycles. The molecule has 0 radical (unpaired) electrons. The minimum Gasteiger partial charge on any atom is -0.397 e. The fraction of sp³-hybridized carbons (Fsp3) is 0.222. The molecule has 0 aromatic heterocycles. The fourth-order valence-corrected chi connectivity index (χ4v) is 1.71. The van der Waals surface area contributed by atoms with Crippen LogP contribution in [-0.2, 0) is 10.0 Å². The average molecular weight is 225 g/mol. The lowest BCUT2D eigenvalue weighted by molar-refractivity contribution is 0.597. The second kappa shape index (κ2) is 4.19. The van der Waals surface area contributed by atoms with Crippen molar-refractivity contribution in [3.63, 3.8) is 0 Å². The predicted octanol–water partition coefficient (Wildman–Crippen LogP) is 0.923. The Hall–Kier alpha value is -1.74. The van der Waals surface area contributed by atoms with Crippen molar-refractivity contribution in [2.24, 2.45) is 0 Å². The second-order valence-electron chi connectivity index (χ2n) is 3.01. The highest BCUT2D eigenvalue weighted by Gasteiger charge is 2.20. The zero-order valence-electron chi connectivity index (χ0n) is 8.14. The van der Waals surface area contributed by atoms with Gasteiger partial charge < -0.3 is 5.73 Å². The van der Waals surface area contributed by atoms with Crippen molar-refractivity contribution in [2.75, 3.05) is 10.5 Å². The van der Waals surface area contributed by atoms with Crippen LogP contribution < -0.4 is 10.5 Å². The van der Waals surface area contributed by atoms with Gasteiger partial charge in [-0.05, 0) is 19.1 Å². The number of nitriles is 1. The zero-order valence-corrected chi connectivity index (χ0v) is 8.95. The van der Waals surface area contributed by atoms with Gasteiger partial charge in [0.25, 0.3) is 0 Å². The minimum atomic E-state index is -3.68. The van der Waals surface area contributed by atoms with Crippen molar-refractivity contribution in [1.29, 1.82) is 5.26 Å². The van der Waals surface area contributed by atoms with E-state index in [-0.39, 0.29) is 0 Å². The van der Waals surface area contributed by atoms with Crippen molar-refractivity contribution >= 4 is 21.4 Å². The number of anilines is 2. The lowest BCUT2D eigenvalue weighted by atomic mass is 10.3. The molecule has 0 saturated carbocycles. The zero-order chi connectivity index (χ0) is 11.5. The number of nitrogens with two attached hydrogens (primary N) is 1. The second-order valence-corrected chi connectivity index (χ2v) is 5.01. The largest absolute Gasteiger partial charge is 0.397 e. The van der Waals surface area contributed by atoms with Crippen LogP contribution >= 0.6 is 0 Å². The molecule has 1 unspecified atom stereocenters. The molecular weight excluding hydrogens is 214 g/mol. The number of nitrogen functional groups attached to an aromatic ring is 1. The fourth-order valence-electron chi connectivity index (χ4n) is 0.901. The molecule has 0 saturated heterocycles. The van der Waals surface area contributed by atoms with Crippen molar-refractivity contribution in [1.82, 2.24) is 0 Å². The summed E-state index contributed by atoms with van der Waals surface area (Å²) >= 11 is 0. The highest BCUT2D eigenvalue weighted by Crippen LogP contribution is 2.19. The highest BCUT2D eigenvalue weighted by atomic mass is 32.2. The highest BCUT2D eigenvalue weighted by molar-refractivity contribution is 7.93. The van der Waals surface area contributed by atoms with Crippen LogP contribution in [0.25, 0.3) is 0 Å². The van der Waals surface area contributed by atoms with Crippen LogP contribution in [0.2, 0.25) is 0 Å². The van der Waals surface area contributed by atoms with Gasteiger partial charge in [-0.3, -0.25) is 4.72 Å². The first-order valence-electron chi connectivity index (χ1n) is 4.23. The molecule has 1 rings (SSSR count). The van der Waals surface area contributed by atoms with Gasteiger partial charge in [0.05, 0.1) is 17.4 Å². The van der Waals surface area contributed by atoms with E-state index in [2.05, 4.69) is 4.72 Å². The third-order valence-electron chi connectivity index (χ3n) is 1.86.